The normalized spacial score (nSPS) is 20.3. The number of hydrogen-bond acceptors (Lipinski definition) is 4. The van der Waals surface area contributed by atoms with Crippen molar-refractivity contribution in [2.45, 2.75) is 31.9 Å². The molecule has 2 rings (SSSR count). The van der Waals surface area contributed by atoms with E-state index in [0.717, 1.165) is 43.0 Å². The largest absolute Gasteiger partial charge is 0.496 e. The van der Waals surface area contributed by atoms with Gasteiger partial charge in [-0.25, -0.2) is 0 Å². The smallest absolute Gasteiger partial charge is 0.125 e. The third kappa shape index (κ3) is 3.19. The van der Waals surface area contributed by atoms with E-state index in [9.17, 15) is 0 Å². The molecule has 0 aromatic heterocycles. The van der Waals surface area contributed by atoms with Gasteiger partial charge in [0.2, 0.25) is 0 Å². The molecule has 4 nitrogen and oxygen atoms in total. The van der Waals surface area contributed by atoms with Crippen LogP contribution in [0, 0.1) is 0 Å². The van der Waals surface area contributed by atoms with Crippen molar-refractivity contribution < 1.29 is 9.47 Å². The Kier molecular flexibility index (Phi) is 4.66. The Morgan fingerprint density at radius 2 is 2.32 bits per heavy atom. The lowest BCUT2D eigenvalue weighted by atomic mass is 10.0. The fourth-order valence-corrected chi connectivity index (χ4v) is 2.69. The van der Waals surface area contributed by atoms with Crippen LogP contribution in [0.5, 0.6) is 5.75 Å². The van der Waals surface area contributed by atoms with Gasteiger partial charge in [-0.2, -0.15) is 0 Å². The summed E-state index contributed by atoms with van der Waals surface area (Å²) in [6, 6.07) is 6.00. The van der Waals surface area contributed by atoms with Crippen LogP contribution in [-0.4, -0.2) is 33.4 Å². The SMILES string of the molecule is COc1cccc(N(C)CC2CCCO2)c1C(C)N. The van der Waals surface area contributed by atoms with Crippen LogP contribution in [0.25, 0.3) is 0 Å². The van der Waals surface area contributed by atoms with Gasteiger partial charge in [0.25, 0.3) is 0 Å². The van der Waals surface area contributed by atoms with E-state index in [-0.39, 0.29) is 6.04 Å². The molecule has 1 aliphatic heterocycles. The van der Waals surface area contributed by atoms with Crippen LogP contribution in [-0.2, 0) is 4.74 Å². The van der Waals surface area contributed by atoms with Gasteiger partial charge >= 0.3 is 0 Å². The Labute approximate surface area is 115 Å². The molecule has 1 aromatic rings. The maximum atomic E-state index is 6.10. The summed E-state index contributed by atoms with van der Waals surface area (Å²) in [6.45, 7) is 3.77. The highest BCUT2D eigenvalue weighted by Crippen LogP contribution is 2.33. The minimum absolute atomic E-state index is 0.0573. The second-order valence-electron chi connectivity index (χ2n) is 5.20. The molecule has 1 aliphatic rings. The number of benzene rings is 1. The first-order chi connectivity index (χ1) is 9.13. The first-order valence-electron chi connectivity index (χ1n) is 6.88. The van der Waals surface area contributed by atoms with Crippen molar-refractivity contribution in [1.29, 1.82) is 0 Å². The van der Waals surface area contributed by atoms with E-state index >= 15 is 0 Å². The second-order valence-corrected chi connectivity index (χ2v) is 5.20. The highest BCUT2D eigenvalue weighted by molar-refractivity contribution is 5.60. The lowest BCUT2D eigenvalue weighted by Gasteiger charge is -2.27. The summed E-state index contributed by atoms with van der Waals surface area (Å²) in [5.74, 6) is 0.853. The van der Waals surface area contributed by atoms with Crippen molar-refractivity contribution >= 4 is 5.69 Å². The van der Waals surface area contributed by atoms with Crippen LogP contribution < -0.4 is 15.4 Å². The topological polar surface area (TPSA) is 47.7 Å². The predicted octanol–water partition coefficient (Wildman–Crippen LogP) is 2.33. The van der Waals surface area contributed by atoms with Crippen LogP contribution in [0.2, 0.25) is 0 Å². The standard InChI is InChI=1S/C15H24N2O2/c1-11(16)15-13(7-4-8-14(15)18-3)17(2)10-12-6-5-9-19-12/h4,7-8,11-12H,5-6,9-10,16H2,1-3H3. The van der Waals surface area contributed by atoms with Crippen molar-refractivity contribution in [3.63, 3.8) is 0 Å². The van der Waals surface area contributed by atoms with Crippen molar-refractivity contribution in [2.75, 3.05) is 32.2 Å². The van der Waals surface area contributed by atoms with Crippen molar-refractivity contribution in [2.24, 2.45) is 5.73 Å². The van der Waals surface area contributed by atoms with E-state index in [0.29, 0.717) is 6.10 Å². The van der Waals surface area contributed by atoms with Gasteiger partial charge in [0.05, 0.1) is 13.2 Å². The van der Waals surface area contributed by atoms with E-state index < -0.39 is 0 Å². The Morgan fingerprint density at radius 3 is 2.89 bits per heavy atom. The van der Waals surface area contributed by atoms with E-state index in [1.807, 2.05) is 19.1 Å². The van der Waals surface area contributed by atoms with Gasteiger partial charge < -0.3 is 20.1 Å². The zero-order valence-electron chi connectivity index (χ0n) is 12.1. The Hall–Kier alpha value is -1.26. The quantitative estimate of drug-likeness (QED) is 0.886. The molecule has 1 fully saturated rings. The molecule has 2 atom stereocenters. The van der Waals surface area contributed by atoms with Gasteiger partial charge in [-0.3, -0.25) is 0 Å². The summed E-state index contributed by atoms with van der Waals surface area (Å²) in [7, 11) is 3.77. The molecular weight excluding hydrogens is 240 g/mol. The molecule has 19 heavy (non-hydrogen) atoms. The van der Waals surface area contributed by atoms with Crippen LogP contribution in [0.3, 0.4) is 0 Å². The van der Waals surface area contributed by atoms with E-state index in [1.165, 1.54) is 0 Å². The van der Waals surface area contributed by atoms with Crippen molar-refractivity contribution in [1.82, 2.24) is 0 Å². The molecule has 2 unspecified atom stereocenters. The zero-order valence-corrected chi connectivity index (χ0v) is 12.1. The van der Waals surface area contributed by atoms with Crippen molar-refractivity contribution in [3.05, 3.63) is 23.8 Å². The lowest BCUT2D eigenvalue weighted by molar-refractivity contribution is 0.116. The summed E-state index contributed by atoms with van der Waals surface area (Å²) < 4.78 is 11.1. The van der Waals surface area contributed by atoms with E-state index in [2.05, 4.69) is 18.0 Å². The Bertz CT molecular complexity index is 415. The number of likely N-dealkylation sites (N-methyl/N-ethyl adjacent to an activating group) is 1. The Morgan fingerprint density at radius 1 is 1.53 bits per heavy atom. The molecule has 1 aromatic carbocycles. The van der Waals surface area contributed by atoms with E-state index in [1.54, 1.807) is 7.11 Å². The molecule has 0 amide bonds. The van der Waals surface area contributed by atoms with Crippen LogP contribution in [0.4, 0.5) is 5.69 Å². The maximum absolute atomic E-state index is 6.10. The molecule has 0 spiro atoms. The number of hydrogen-bond donors (Lipinski definition) is 1. The molecule has 4 heteroatoms. The van der Waals surface area contributed by atoms with Crippen LogP contribution in [0.15, 0.2) is 18.2 Å². The third-order valence-electron chi connectivity index (χ3n) is 3.63. The van der Waals surface area contributed by atoms with E-state index in [4.69, 9.17) is 15.2 Å². The van der Waals surface area contributed by atoms with Gasteiger partial charge in [0, 0.05) is 37.5 Å². The maximum Gasteiger partial charge on any atom is 0.125 e. The molecule has 0 radical (unpaired) electrons. The monoisotopic (exact) mass is 264 g/mol. The third-order valence-corrected chi connectivity index (χ3v) is 3.63. The lowest BCUT2D eigenvalue weighted by Crippen LogP contribution is -2.30. The number of ether oxygens (including phenoxy) is 2. The van der Waals surface area contributed by atoms with Gasteiger partial charge in [0.15, 0.2) is 0 Å². The molecular formula is C15H24N2O2. The first kappa shape index (κ1) is 14.2. The summed E-state index contributed by atoms with van der Waals surface area (Å²) in [4.78, 5) is 2.22. The second kappa shape index (κ2) is 6.26. The highest BCUT2D eigenvalue weighted by atomic mass is 16.5. The molecule has 106 valence electrons. The predicted molar refractivity (Wildman–Crippen MR) is 77.8 cm³/mol. The fraction of sp³-hybridized carbons (Fsp3) is 0.600. The minimum atomic E-state index is -0.0573. The molecule has 2 N–H and O–H groups in total. The van der Waals surface area contributed by atoms with Crippen molar-refractivity contribution in [3.8, 4) is 5.75 Å². The van der Waals surface area contributed by atoms with Gasteiger partial charge in [0.1, 0.15) is 5.75 Å². The summed E-state index contributed by atoms with van der Waals surface area (Å²) in [5, 5.41) is 0. The average molecular weight is 264 g/mol. The average Bonchev–Trinajstić information content (AvgIpc) is 2.90. The summed E-state index contributed by atoms with van der Waals surface area (Å²) in [6.07, 6.45) is 2.63. The molecule has 1 heterocycles. The number of nitrogens with zero attached hydrogens (tertiary/aromatic N) is 1. The first-order valence-corrected chi connectivity index (χ1v) is 6.88. The van der Waals surface area contributed by atoms with Crippen LogP contribution >= 0.6 is 0 Å². The van der Waals surface area contributed by atoms with Gasteiger partial charge in [-0.1, -0.05) is 6.07 Å². The molecule has 0 bridgehead atoms. The summed E-state index contributed by atoms with van der Waals surface area (Å²) >= 11 is 0. The molecule has 0 saturated carbocycles. The summed E-state index contributed by atoms with van der Waals surface area (Å²) in [5.41, 5.74) is 8.29. The van der Waals surface area contributed by atoms with Crippen LogP contribution in [0.1, 0.15) is 31.4 Å². The van der Waals surface area contributed by atoms with Gasteiger partial charge in [-0.15, -0.1) is 0 Å². The number of methoxy groups -OCH3 is 1. The minimum Gasteiger partial charge on any atom is -0.496 e. The number of nitrogens with two attached hydrogens (primary N) is 1. The zero-order chi connectivity index (χ0) is 13.8. The van der Waals surface area contributed by atoms with Gasteiger partial charge in [-0.05, 0) is 31.9 Å². The fourth-order valence-electron chi connectivity index (χ4n) is 2.69. The highest BCUT2D eigenvalue weighted by Gasteiger charge is 2.21. The molecule has 0 aliphatic carbocycles. The number of anilines is 1. The number of rotatable bonds is 5. The molecule has 1 saturated heterocycles. The Balaban J connectivity index is 2.22.